The van der Waals surface area contributed by atoms with Gasteiger partial charge in [-0.1, -0.05) is 11.6 Å². The van der Waals surface area contributed by atoms with Crippen LogP contribution in [0.25, 0.3) is 10.9 Å². The van der Waals surface area contributed by atoms with E-state index in [0.29, 0.717) is 5.39 Å². The van der Waals surface area contributed by atoms with Crippen LogP contribution >= 0.6 is 11.6 Å². The highest BCUT2D eigenvalue weighted by Gasteiger charge is 2.13. The fourth-order valence-electron chi connectivity index (χ4n) is 1.32. The van der Waals surface area contributed by atoms with E-state index in [1.54, 1.807) is 18.2 Å². The molecule has 0 saturated heterocycles. The molecule has 16 heavy (non-hydrogen) atoms. The Hall–Kier alpha value is -2.01. The van der Waals surface area contributed by atoms with Crippen LogP contribution in [0.3, 0.4) is 0 Å². The molecule has 2 rings (SSSR count). The van der Waals surface area contributed by atoms with Crippen LogP contribution in [-0.4, -0.2) is 21.4 Å². The van der Waals surface area contributed by atoms with Crippen LogP contribution in [0.5, 0.6) is 11.5 Å². The molecule has 0 radical (unpaired) electrons. The molecule has 0 aliphatic heterocycles. The molecule has 6 heteroatoms. The van der Waals surface area contributed by atoms with Crippen molar-refractivity contribution in [2.75, 3.05) is 0 Å². The van der Waals surface area contributed by atoms with E-state index in [0.717, 1.165) is 0 Å². The Balaban J connectivity index is 2.72. The Labute approximate surface area is 94.9 Å². The van der Waals surface area contributed by atoms with Crippen molar-refractivity contribution in [2.45, 2.75) is 0 Å². The molecule has 0 bridgehead atoms. The Morgan fingerprint density at radius 3 is 2.69 bits per heavy atom. The quantitative estimate of drug-likeness (QED) is 0.454. The van der Waals surface area contributed by atoms with Crippen LogP contribution < -0.4 is 4.74 Å². The number of aromatic nitrogens is 1. The number of pyridine rings is 1. The number of carbonyl (C=O) groups is 1. The molecule has 82 valence electrons. The molecule has 0 spiro atoms. The summed E-state index contributed by atoms with van der Waals surface area (Å²) in [6.07, 6.45) is -1.52. The summed E-state index contributed by atoms with van der Waals surface area (Å²) in [7, 11) is 0. The summed E-state index contributed by atoms with van der Waals surface area (Å²) >= 11 is 5.68. The standard InChI is InChI=1S/C10H6ClNO4/c11-7-4-2-5-1-3-6(13)9(8(5)12-7)16-10(14)15/h1-4,13H,(H,14,15). The summed E-state index contributed by atoms with van der Waals surface area (Å²) in [6, 6.07) is 6.13. The summed E-state index contributed by atoms with van der Waals surface area (Å²) in [5, 5.41) is 18.8. The van der Waals surface area contributed by atoms with Gasteiger partial charge in [-0.15, -0.1) is 0 Å². The maximum absolute atomic E-state index is 10.5. The second-order valence-electron chi connectivity index (χ2n) is 2.99. The first-order chi connectivity index (χ1) is 7.58. The number of halogens is 1. The molecule has 1 aromatic heterocycles. The van der Waals surface area contributed by atoms with Gasteiger partial charge in [-0.05, 0) is 24.3 Å². The lowest BCUT2D eigenvalue weighted by molar-refractivity contribution is 0.143. The third-order valence-corrected chi connectivity index (χ3v) is 2.16. The largest absolute Gasteiger partial charge is 0.511 e. The summed E-state index contributed by atoms with van der Waals surface area (Å²) in [6.45, 7) is 0. The lowest BCUT2D eigenvalue weighted by Crippen LogP contribution is -2.04. The monoisotopic (exact) mass is 239 g/mol. The highest BCUT2D eigenvalue weighted by Crippen LogP contribution is 2.34. The number of ether oxygens (including phenoxy) is 1. The normalized spacial score (nSPS) is 10.3. The molecule has 0 saturated carbocycles. The molecular formula is C10H6ClNO4. The molecular weight excluding hydrogens is 234 g/mol. The van der Waals surface area contributed by atoms with Crippen LogP contribution in [0.1, 0.15) is 0 Å². The van der Waals surface area contributed by atoms with E-state index in [9.17, 15) is 9.90 Å². The van der Waals surface area contributed by atoms with Crippen molar-refractivity contribution in [2.24, 2.45) is 0 Å². The van der Waals surface area contributed by atoms with Gasteiger partial charge in [0.25, 0.3) is 0 Å². The van der Waals surface area contributed by atoms with Gasteiger partial charge in [0.2, 0.25) is 5.75 Å². The molecule has 0 unspecified atom stereocenters. The van der Waals surface area contributed by atoms with Crippen molar-refractivity contribution in [3.8, 4) is 11.5 Å². The summed E-state index contributed by atoms with van der Waals surface area (Å²) in [5.41, 5.74) is 0.204. The summed E-state index contributed by atoms with van der Waals surface area (Å²) in [5.74, 6) is -0.517. The molecule has 0 fully saturated rings. The van der Waals surface area contributed by atoms with E-state index in [4.69, 9.17) is 16.7 Å². The Bertz CT molecular complexity index is 565. The molecule has 1 aromatic carbocycles. The Kier molecular flexibility index (Phi) is 2.54. The first kappa shape index (κ1) is 10.5. The number of phenolic OH excluding ortho intramolecular Hbond substituents is 1. The Morgan fingerprint density at radius 1 is 1.31 bits per heavy atom. The van der Waals surface area contributed by atoms with Gasteiger partial charge in [0.15, 0.2) is 5.75 Å². The second-order valence-corrected chi connectivity index (χ2v) is 3.37. The fraction of sp³-hybridized carbons (Fsp3) is 0. The van der Waals surface area contributed by atoms with E-state index < -0.39 is 6.16 Å². The van der Waals surface area contributed by atoms with Crippen molar-refractivity contribution in [1.82, 2.24) is 4.98 Å². The van der Waals surface area contributed by atoms with E-state index in [-0.39, 0.29) is 22.2 Å². The van der Waals surface area contributed by atoms with Gasteiger partial charge < -0.3 is 14.9 Å². The van der Waals surface area contributed by atoms with Crippen molar-refractivity contribution in [3.05, 3.63) is 29.4 Å². The minimum Gasteiger partial charge on any atom is -0.504 e. The number of aromatic hydroxyl groups is 1. The Morgan fingerprint density at radius 2 is 2.00 bits per heavy atom. The molecule has 0 aliphatic carbocycles. The van der Waals surface area contributed by atoms with Crippen molar-refractivity contribution in [1.29, 1.82) is 0 Å². The zero-order valence-corrected chi connectivity index (χ0v) is 8.60. The number of rotatable bonds is 1. The SMILES string of the molecule is O=C(O)Oc1c(O)ccc2ccc(Cl)nc12. The smallest absolute Gasteiger partial charge is 0.504 e. The van der Waals surface area contributed by atoms with Crippen LogP contribution in [0, 0.1) is 0 Å². The van der Waals surface area contributed by atoms with E-state index in [1.807, 2.05) is 0 Å². The maximum atomic E-state index is 10.5. The molecule has 2 aromatic rings. The van der Waals surface area contributed by atoms with Crippen molar-refractivity contribution >= 4 is 28.7 Å². The highest BCUT2D eigenvalue weighted by molar-refractivity contribution is 6.29. The van der Waals surface area contributed by atoms with Gasteiger partial charge in [-0.25, -0.2) is 9.78 Å². The van der Waals surface area contributed by atoms with Crippen LogP contribution in [0.15, 0.2) is 24.3 Å². The van der Waals surface area contributed by atoms with Gasteiger partial charge in [0, 0.05) is 5.39 Å². The zero-order chi connectivity index (χ0) is 11.7. The van der Waals surface area contributed by atoms with Crippen molar-refractivity contribution < 1.29 is 19.7 Å². The number of phenols is 1. The number of fused-ring (bicyclic) bond motifs is 1. The molecule has 2 N–H and O–H groups in total. The zero-order valence-electron chi connectivity index (χ0n) is 7.85. The van der Waals surface area contributed by atoms with E-state index >= 15 is 0 Å². The van der Waals surface area contributed by atoms with Crippen LogP contribution in [0.4, 0.5) is 4.79 Å². The van der Waals surface area contributed by atoms with Gasteiger partial charge in [-0.3, -0.25) is 0 Å². The van der Waals surface area contributed by atoms with Crippen LogP contribution in [-0.2, 0) is 0 Å². The number of hydrogen-bond donors (Lipinski definition) is 2. The average molecular weight is 240 g/mol. The first-order valence-electron chi connectivity index (χ1n) is 4.27. The minimum absolute atomic E-state index is 0.188. The lowest BCUT2D eigenvalue weighted by Gasteiger charge is -2.06. The molecule has 5 nitrogen and oxygen atoms in total. The average Bonchev–Trinajstić information content (AvgIpc) is 2.22. The molecule has 0 amide bonds. The number of carboxylic acid groups (broad SMARTS) is 1. The minimum atomic E-state index is -1.52. The van der Waals surface area contributed by atoms with Crippen LogP contribution in [0.2, 0.25) is 5.15 Å². The number of hydrogen-bond acceptors (Lipinski definition) is 4. The van der Waals surface area contributed by atoms with Crippen molar-refractivity contribution in [3.63, 3.8) is 0 Å². The van der Waals surface area contributed by atoms with Gasteiger partial charge in [0.05, 0.1) is 0 Å². The first-order valence-corrected chi connectivity index (χ1v) is 4.65. The van der Waals surface area contributed by atoms with Gasteiger partial charge in [-0.2, -0.15) is 0 Å². The predicted octanol–water partition coefficient (Wildman–Crippen LogP) is 2.65. The fourth-order valence-corrected chi connectivity index (χ4v) is 1.46. The number of benzene rings is 1. The van der Waals surface area contributed by atoms with Gasteiger partial charge >= 0.3 is 6.16 Å². The van der Waals surface area contributed by atoms with E-state index in [1.165, 1.54) is 6.07 Å². The number of nitrogens with zero attached hydrogens (tertiary/aromatic N) is 1. The third-order valence-electron chi connectivity index (χ3n) is 1.95. The second kappa shape index (κ2) is 3.86. The molecule has 0 aliphatic rings. The van der Waals surface area contributed by atoms with Gasteiger partial charge in [0.1, 0.15) is 10.7 Å². The molecule has 1 heterocycles. The van der Waals surface area contributed by atoms with E-state index in [2.05, 4.69) is 9.72 Å². The summed E-state index contributed by atoms with van der Waals surface area (Å²) < 4.78 is 4.46. The lowest BCUT2D eigenvalue weighted by atomic mass is 10.2. The third kappa shape index (κ3) is 1.85. The maximum Gasteiger partial charge on any atom is 0.511 e. The molecule has 0 atom stereocenters. The highest BCUT2D eigenvalue weighted by atomic mass is 35.5. The predicted molar refractivity (Wildman–Crippen MR) is 57.1 cm³/mol. The topological polar surface area (TPSA) is 79.7 Å². The summed E-state index contributed by atoms with van der Waals surface area (Å²) in [4.78, 5) is 14.4.